The fourth-order valence-electron chi connectivity index (χ4n) is 6.55. The van der Waals surface area contributed by atoms with Crippen LogP contribution in [0.2, 0.25) is 0 Å². The van der Waals surface area contributed by atoms with E-state index in [2.05, 4.69) is 42.0 Å². The molecule has 0 radical (unpaired) electrons. The number of nitrogens with one attached hydrogen (secondary N) is 3. The van der Waals surface area contributed by atoms with Gasteiger partial charge in [-0.3, -0.25) is 14.5 Å². The van der Waals surface area contributed by atoms with Crippen molar-refractivity contribution in [2.75, 3.05) is 32.2 Å². The quantitative estimate of drug-likeness (QED) is 0.223. The Hall–Kier alpha value is -3.21. The molecular weight excluding hydrogens is 581 g/mol. The maximum atomic E-state index is 12.9. The summed E-state index contributed by atoms with van der Waals surface area (Å²) in [5.74, 6) is 1.09. The number of aromatic nitrogens is 1. The molecule has 0 fully saturated rings. The van der Waals surface area contributed by atoms with Gasteiger partial charge in [0.25, 0.3) is 0 Å². The third-order valence-corrected chi connectivity index (χ3v) is 12.7. The number of benzene rings is 1. The number of aromatic hydroxyl groups is 1. The Morgan fingerprint density at radius 1 is 1.21 bits per heavy atom. The molecule has 2 aromatic rings. The van der Waals surface area contributed by atoms with E-state index in [0.29, 0.717) is 12.2 Å². The van der Waals surface area contributed by atoms with Crippen LogP contribution < -0.4 is 20.3 Å². The average Bonchev–Trinajstić information content (AvgIpc) is 3.51. The molecule has 8 nitrogen and oxygen atoms in total. The highest BCUT2D eigenvalue weighted by Crippen LogP contribution is 2.54. The molecule has 4 bridgehead atoms. The number of pyridine rings is 1. The summed E-state index contributed by atoms with van der Waals surface area (Å²) in [6.07, 6.45) is 16.9. The number of allylic oxidation sites excluding steroid dienone is 2. The molecule has 6 rings (SSSR count). The van der Waals surface area contributed by atoms with Gasteiger partial charge in [0.15, 0.2) is 24.0 Å². The number of hydrogen-bond donors (Lipinski definition) is 4. The molecule has 4 N–H and O–H groups in total. The molecule has 0 spiro atoms. The van der Waals surface area contributed by atoms with Crippen molar-refractivity contribution in [2.45, 2.75) is 54.9 Å². The van der Waals surface area contributed by atoms with Gasteiger partial charge in [-0.1, -0.05) is 53.2 Å². The molecule has 0 amide bonds. The van der Waals surface area contributed by atoms with E-state index in [1.807, 2.05) is 34.0 Å². The van der Waals surface area contributed by atoms with Crippen molar-refractivity contribution < 1.29 is 24.3 Å². The summed E-state index contributed by atoms with van der Waals surface area (Å²) < 4.78 is 5.27. The monoisotopic (exact) mass is 619 g/mol. The first-order valence-electron chi connectivity index (χ1n) is 15.0. The smallest absolute Gasteiger partial charge is 0.163 e. The van der Waals surface area contributed by atoms with Crippen LogP contribution in [0.1, 0.15) is 67.2 Å². The minimum absolute atomic E-state index is 0.0227. The number of phenolic OH excluding ortho intramolecular Hbond substituents is 1. The van der Waals surface area contributed by atoms with E-state index >= 15 is 0 Å². The predicted molar refractivity (Wildman–Crippen MR) is 173 cm³/mol. The van der Waals surface area contributed by atoms with Crippen molar-refractivity contribution in [2.24, 2.45) is 5.92 Å². The zero-order valence-corrected chi connectivity index (χ0v) is 26.2. The molecular formula is C33H39N4O4S2+. The highest BCUT2D eigenvalue weighted by atomic mass is 33.1. The minimum atomic E-state index is -0.224. The van der Waals surface area contributed by atoms with Crippen molar-refractivity contribution in [3.05, 3.63) is 77.3 Å². The number of Topliss-reactive ketones (excluding diaryl/α,β-unsaturated/α-hetero) is 1. The second kappa shape index (κ2) is 12.8. The first-order valence-corrected chi connectivity index (χ1v) is 17.3. The zero-order valence-electron chi connectivity index (χ0n) is 24.6. The predicted octanol–water partition coefficient (Wildman–Crippen LogP) is 4.54. The van der Waals surface area contributed by atoms with E-state index in [9.17, 15) is 14.7 Å². The van der Waals surface area contributed by atoms with Gasteiger partial charge in [0, 0.05) is 35.9 Å². The molecule has 3 aliphatic heterocycles. The van der Waals surface area contributed by atoms with Crippen molar-refractivity contribution in [1.82, 2.24) is 10.3 Å². The Labute approximate surface area is 260 Å². The van der Waals surface area contributed by atoms with Crippen LogP contribution in [0.5, 0.6) is 11.5 Å². The van der Waals surface area contributed by atoms with Crippen LogP contribution in [-0.2, 0) is 14.3 Å². The number of nitrogens with zero attached hydrogens (tertiary/aromatic N) is 1. The van der Waals surface area contributed by atoms with Crippen molar-refractivity contribution >= 4 is 45.0 Å². The maximum absolute atomic E-state index is 12.9. The normalized spacial score (nSPS) is 28.5. The second-order valence-corrected chi connectivity index (χ2v) is 14.5. The lowest BCUT2D eigenvalue weighted by Crippen LogP contribution is -3.09. The number of methoxy groups -OCH3 is 1. The number of fused-ring (bicyclic) bond motifs is 6. The van der Waals surface area contributed by atoms with E-state index in [1.165, 1.54) is 23.6 Å². The molecule has 0 saturated carbocycles. The summed E-state index contributed by atoms with van der Waals surface area (Å²) in [6, 6.07) is 5.80. The molecule has 43 heavy (non-hydrogen) atoms. The second-order valence-electron chi connectivity index (χ2n) is 11.8. The fraction of sp³-hybridized carbons (Fsp3) is 0.424. The topological polar surface area (TPSA) is 105 Å². The molecule has 5 atom stereocenters. The van der Waals surface area contributed by atoms with Gasteiger partial charge in [0.2, 0.25) is 0 Å². The maximum Gasteiger partial charge on any atom is 0.163 e. The van der Waals surface area contributed by atoms with Crippen LogP contribution in [-0.4, -0.2) is 53.8 Å². The van der Waals surface area contributed by atoms with Gasteiger partial charge in [0.1, 0.15) is 29.1 Å². The number of anilines is 1. The van der Waals surface area contributed by atoms with E-state index in [0.717, 1.165) is 61.5 Å². The molecule has 226 valence electrons. The molecule has 4 aliphatic rings. The molecule has 1 aromatic carbocycles. The van der Waals surface area contributed by atoms with Gasteiger partial charge in [0.05, 0.1) is 19.7 Å². The number of rotatable bonds is 4. The summed E-state index contributed by atoms with van der Waals surface area (Å²) in [4.78, 5) is 32.0. The molecule has 4 heterocycles. The lowest BCUT2D eigenvalue weighted by atomic mass is 9.83. The summed E-state index contributed by atoms with van der Waals surface area (Å²) in [5, 5.41) is 18.0. The number of carbonyl (C=O) groups excluding carboxylic acids is 2. The summed E-state index contributed by atoms with van der Waals surface area (Å²) >= 11 is 0. The van der Waals surface area contributed by atoms with E-state index in [-0.39, 0.29) is 45.6 Å². The van der Waals surface area contributed by atoms with Gasteiger partial charge >= 0.3 is 0 Å². The van der Waals surface area contributed by atoms with Gasteiger partial charge in [-0.2, -0.15) is 0 Å². The Bertz CT molecular complexity index is 1490. The molecule has 5 unspecified atom stereocenters. The summed E-state index contributed by atoms with van der Waals surface area (Å²) in [5.41, 5.74) is 3.83. The third kappa shape index (κ3) is 6.23. The van der Waals surface area contributed by atoms with E-state index < -0.39 is 0 Å². The van der Waals surface area contributed by atoms with Crippen molar-refractivity contribution in [1.29, 1.82) is 0 Å². The van der Waals surface area contributed by atoms with Crippen LogP contribution in [0.25, 0.3) is 6.08 Å². The van der Waals surface area contributed by atoms with Crippen molar-refractivity contribution in [3.8, 4) is 11.5 Å². The lowest BCUT2D eigenvalue weighted by molar-refractivity contribution is -0.845. The SMILES string of the molecule is CCC1CCC(=O)CC(=O)C=Cc2cc(OC)c(O)cc2C2C=CC1SSC1(C[NH+]3C=CNC3)CCNc3ncc2cc31. The van der Waals surface area contributed by atoms with Gasteiger partial charge in [-0.05, 0) is 59.7 Å². The largest absolute Gasteiger partial charge is 0.504 e. The molecule has 10 heteroatoms. The number of quaternary nitrogens is 1. The van der Waals surface area contributed by atoms with Crippen LogP contribution in [0.4, 0.5) is 5.82 Å². The first-order chi connectivity index (χ1) is 20.9. The molecule has 1 aromatic heterocycles. The van der Waals surface area contributed by atoms with Gasteiger partial charge in [-0.25, -0.2) is 4.98 Å². The Morgan fingerprint density at radius 2 is 2.09 bits per heavy atom. The number of phenols is 1. The molecule has 0 saturated heterocycles. The van der Waals surface area contributed by atoms with E-state index in [1.54, 1.807) is 18.2 Å². The van der Waals surface area contributed by atoms with Crippen LogP contribution in [0, 0.1) is 5.92 Å². The van der Waals surface area contributed by atoms with Gasteiger partial charge < -0.3 is 20.5 Å². The van der Waals surface area contributed by atoms with E-state index in [4.69, 9.17) is 9.72 Å². The third-order valence-electron chi connectivity index (χ3n) is 8.99. The van der Waals surface area contributed by atoms with Crippen LogP contribution >= 0.6 is 21.6 Å². The highest BCUT2D eigenvalue weighted by molar-refractivity contribution is 8.77. The highest BCUT2D eigenvalue weighted by Gasteiger charge is 2.44. The lowest BCUT2D eigenvalue weighted by Gasteiger charge is -2.40. The van der Waals surface area contributed by atoms with Gasteiger partial charge in [-0.15, -0.1) is 0 Å². The molecule has 1 aliphatic carbocycles. The Balaban J connectivity index is 1.56. The first kappa shape index (κ1) is 29.8. The van der Waals surface area contributed by atoms with Crippen LogP contribution in [0.3, 0.4) is 0 Å². The minimum Gasteiger partial charge on any atom is -0.504 e. The zero-order chi connectivity index (χ0) is 30.0. The Morgan fingerprint density at radius 3 is 2.88 bits per heavy atom. The average molecular weight is 620 g/mol. The van der Waals surface area contributed by atoms with Crippen LogP contribution in [0.15, 0.2) is 55.0 Å². The summed E-state index contributed by atoms with van der Waals surface area (Å²) in [6.45, 7) is 4.82. The number of ketones is 2. The summed E-state index contributed by atoms with van der Waals surface area (Å²) in [7, 11) is 5.37. The number of ether oxygens (including phenoxy) is 1. The van der Waals surface area contributed by atoms with Crippen molar-refractivity contribution in [3.63, 3.8) is 0 Å². The fourth-order valence-corrected chi connectivity index (χ4v) is 10.4. The number of carbonyl (C=O) groups is 2. The number of hydrogen-bond acceptors (Lipinski definition) is 9. The Kier molecular flexibility index (Phi) is 8.88. The standard InChI is InChI=1S/C33H38N4O4S2/c1-3-21-4-6-24(38)16-25(39)7-5-22-15-30(41-2)29(40)17-27(22)26-8-9-31(21)42-43-33(19-37-13-12-34-20-37)10-11-35-32-28(33)14-23(26)18-36-32/h5,7-9,12-15,17-18,21,26,31,34,40H,3-4,6,10-11,16,19-20H2,1-2H3,(H,35,36)/p+1.